The standard InChI is InChI=1S/C14H16ClN5O/c1-21-14-18-12(15)17-13(19-14)20-8-9(6-7-16)10-4-2-3-5-11(10)20/h2-5,9H,6-8,16H2,1H3. The van der Waals surface area contributed by atoms with Gasteiger partial charge in [0.25, 0.3) is 0 Å². The zero-order valence-electron chi connectivity index (χ0n) is 11.7. The van der Waals surface area contributed by atoms with Crippen LogP contribution in [0.1, 0.15) is 17.9 Å². The number of nitrogens with zero attached hydrogens (tertiary/aromatic N) is 4. The van der Waals surface area contributed by atoms with Crippen molar-refractivity contribution in [2.45, 2.75) is 12.3 Å². The van der Waals surface area contributed by atoms with Crippen molar-refractivity contribution in [2.24, 2.45) is 5.73 Å². The van der Waals surface area contributed by atoms with Crippen LogP contribution in [0.25, 0.3) is 0 Å². The Morgan fingerprint density at radius 3 is 2.90 bits per heavy atom. The molecule has 1 atom stereocenters. The van der Waals surface area contributed by atoms with Crippen molar-refractivity contribution in [3.63, 3.8) is 0 Å². The highest BCUT2D eigenvalue weighted by Gasteiger charge is 2.30. The van der Waals surface area contributed by atoms with Crippen molar-refractivity contribution in [2.75, 3.05) is 25.1 Å². The van der Waals surface area contributed by atoms with Crippen molar-refractivity contribution in [1.29, 1.82) is 0 Å². The van der Waals surface area contributed by atoms with Crippen LogP contribution in [0.5, 0.6) is 6.01 Å². The van der Waals surface area contributed by atoms with Crippen LogP contribution in [0.2, 0.25) is 5.28 Å². The van der Waals surface area contributed by atoms with E-state index < -0.39 is 0 Å². The molecule has 6 nitrogen and oxygen atoms in total. The lowest BCUT2D eigenvalue weighted by Gasteiger charge is -2.17. The van der Waals surface area contributed by atoms with E-state index in [0.29, 0.717) is 18.4 Å². The summed E-state index contributed by atoms with van der Waals surface area (Å²) in [7, 11) is 1.50. The fourth-order valence-electron chi connectivity index (χ4n) is 2.67. The molecule has 0 bridgehead atoms. The van der Waals surface area contributed by atoms with Gasteiger partial charge >= 0.3 is 6.01 Å². The van der Waals surface area contributed by atoms with Gasteiger partial charge in [-0.2, -0.15) is 15.0 Å². The van der Waals surface area contributed by atoms with Gasteiger partial charge in [-0.3, -0.25) is 0 Å². The molecule has 21 heavy (non-hydrogen) atoms. The molecule has 0 saturated heterocycles. The molecule has 2 aromatic rings. The van der Waals surface area contributed by atoms with E-state index in [-0.39, 0.29) is 11.3 Å². The van der Waals surface area contributed by atoms with Gasteiger partial charge in [-0.15, -0.1) is 0 Å². The summed E-state index contributed by atoms with van der Waals surface area (Å²) in [5.41, 5.74) is 8.06. The maximum atomic E-state index is 5.94. The molecule has 110 valence electrons. The number of aromatic nitrogens is 3. The van der Waals surface area contributed by atoms with Crippen LogP contribution in [0, 0.1) is 0 Å². The van der Waals surface area contributed by atoms with Crippen LogP contribution >= 0.6 is 11.6 Å². The minimum atomic E-state index is 0.122. The summed E-state index contributed by atoms with van der Waals surface area (Å²) in [6, 6.07) is 8.42. The molecule has 2 N–H and O–H groups in total. The summed E-state index contributed by atoms with van der Waals surface area (Å²) >= 11 is 5.94. The molecule has 0 spiro atoms. The van der Waals surface area contributed by atoms with Crippen molar-refractivity contribution >= 4 is 23.2 Å². The number of fused-ring (bicyclic) bond motifs is 1. The summed E-state index contributed by atoms with van der Waals surface area (Å²) in [4.78, 5) is 14.5. The Morgan fingerprint density at radius 2 is 2.14 bits per heavy atom. The Hall–Kier alpha value is -1.92. The third-order valence-corrected chi connectivity index (χ3v) is 3.75. The van der Waals surface area contributed by atoms with Crippen LogP contribution in [0.4, 0.5) is 11.6 Å². The van der Waals surface area contributed by atoms with Crippen LogP contribution in [-0.2, 0) is 0 Å². The van der Waals surface area contributed by atoms with Gasteiger partial charge < -0.3 is 15.4 Å². The normalized spacial score (nSPS) is 16.9. The minimum Gasteiger partial charge on any atom is -0.467 e. The molecule has 1 aromatic heterocycles. The Kier molecular flexibility index (Phi) is 3.90. The number of rotatable bonds is 4. The monoisotopic (exact) mass is 305 g/mol. The van der Waals surface area contributed by atoms with Crippen molar-refractivity contribution in [3.8, 4) is 6.01 Å². The fourth-order valence-corrected chi connectivity index (χ4v) is 2.81. The summed E-state index contributed by atoms with van der Waals surface area (Å²) in [5, 5.41) is 0.122. The smallest absolute Gasteiger partial charge is 0.322 e. The highest BCUT2D eigenvalue weighted by atomic mass is 35.5. The molecule has 2 heterocycles. The first-order chi connectivity index (χ1) is 10.2. The molecule has 0 saturated carbocycles. The minimum absolute atomic E-state index is 0.122. The van der Waals surface area contributed by atoms with Crippen LogP contribution < -0.4 is 15.4 Å². The lowest BCUT2D eigenvalue weighted by molar-refractivity contribution is 0.378. The number of benzene rings is 1. The highest BCUT2D eigenvalue weighted by molar-refractivity contribution is 6.28. The average Bonchev–Trinajstić information content (AvgIpc) is 2.86. The predicted octanol–water partition coefficient (Wildman–Crippen LogP) is 2.12. The average molecular weight is 306 g/mol. The van der Waals surface area contributed by atoms with Gasteiger partial charge in [0, 0.05) is 18.2 Å². The molecule has 1 aromatic carbocycles. The summed E-state index contributed by atoms with van der Waals surface area (Å²) in [6.07, 6.45) is 0.920. The predicted molar refractivity (Wildman–Crippen MR) is 81.2 cm³/mol. The second-order valence-electron chi connectivity index (χ2n) is 4.83. The molecule has 1 aliphatic heterocycles. The van der Waals surface area contributed by atoms with E-state index >= 15 is 0 Å². The highest BCUT2D eigenvalue weighted by Crippen LogP contribution is 2.41. The van der Waals surface area contributed by atoms with Gasteiger partial charge in [0.1, 0.15) is 0 Å². The van der Waals surface area contributed by atoms with Crippen molar-refractivity contribution in [1.82, 2.24) is 15.0 Å². The van der Waals surface area contributed by atoms with E-state index in [4.69, 9.17) is 22.1 Å². The lowest BCUT2D eigenvalue weighted by atomic mass is 9.98. The third kappa shape index (κ3) is 2.64. The van der Waals surface area contributed by atoms with Crippen LogP contribution in [0.15, 0.2) is 24.3 Å². The van der Waals surface area contributed by atoms with Gasteiger partial charge in [0.05, 0.1) is 7.11 Å². The number of hydrogen-bond donors (Lipinski definition) is 1. The number of halogens is 1. The van der Waals surface area contributed by atoms with Gasteiger partial charge in [-0.25, -0.2) is 0 Å². The SMILES string of the molecule is COc1nc(Cl)nc(N2CC(CCN)c3ccccc32)n1. The summed E-state index contributed by atoms with van der Waals surface area (Å²) in [5.74, 6) is 0.867. The first kappa shape index (κ1) is 14.0. The number of nitrogens with two attached hydrogens (primary N) is 1. The molecule has 0 aliphatic carbocycles. The van der Waals surface area contributed by atoms with Gasteiger partial charge in [0.2, 0.25) is 11.2 Å². The van der Waals surface area contributed by atoms with Gasteiger partial charge in [-0.1, -0.05) is 18.2 Å². The summed E-state index contributed by atoms with van der Waals surface area (Å²) < 4.78 is 5.06. The zero-order chi connectivity index (χ0) is 14.8. The second kappa shape index (κ2) is 5.83. The molecule has 3 rings (SSSR count). The summed E-state index contributed by atoms with van der Waals surface area (Å²) in [6.45, 7) is 1.42. The first-order valence-corrected chi connectivity index (χ1v) is 7.13. The van der Waals surface area contributed by atoms with E-state index in [1.165, 1.54) is 12.7 Å². The molecule has 0 amide bonds. The largest absolute Gasteiger partial charge is 0.467 e. The zero-order valence-corrected chi connectivity index (χ0v) is 12.4. The van der Waals surface area contributed by atoms with E-state index in [0.717, 1.165) is 18.7 Å². The van der Waals surface area contributed by atoms with E-state index in [1.807, 2.05) is 17.0 Å². The number of para-hydroxylation sites is 1. The molecular formula is C14H16ClN5O. The maximum Gasteiger partial charge on any atom is 0.322 e. The lowest BCUT2D eigenvalue weighted by Crippen LogP contribution is -2.20. The van der Waals surface area contributed by atoms with E-state index in [2.05, 4.69) is 27.1 Å². The number of ether oxygens (including phenoxy) is 1. The number of anilines is 2. The molecule has 1 aliphatic rings. The van der Waals surface area contributed by atoms with Crippen molar-refractivity contribution in [3.05, 3.63) is 35.1 Å². The second-order valence-corrected chi connectivity index (χ2v) is 5.17. The molecule has 7 heteroatoms. The van der Waals surface area contributed by atoms with E-state index in [1.54, 1.807) is 0 Å². The van der Waals surface area contributed by atoms with Crippen molar-refractivity contribution < 1.29 is 4.74 Å². The third-order valence-electron chi connectivity index (χ3n) is 3.59. The number of methoxy groups -OCH3 is 1. The Morgan fingerprint density at radius 1 is 1.33 bits per heavy atom. The van der Waals surface area contributed by atoms with E-state index in [9.17, 15) is 0 Å². The van der Waals surface area contributed by atoms with Gasteiger partial charge in [0.15, 0.2) is 0 Å². The van der Waals surface area contributed by atoms with Gasteiger partial charge in [-0.05, 0) is 36.2 Å². The Bertz CT molecular complexity index is 651. The molecule has 0 radical (unpaired) electrons. The quantitative estimate of drug-likeness (QED) is 0.932. The van der Waals surface area contributed by atoms with Crippen LogP contribution in [-0.4, -0.2) is 35.2 Å². The molecule has 0 fully saturated rings. The fraction of sp³-hybridized carbons (Fsp3) is 0.357. The Labute approximate surface area is 127 Å². The molecular weight excluding hydrogens is 290 g/mol. The van der Waals surface area contributed by atoms with Crippen LogP contribution in [0.3, 0.4) is 0 Å². The maximum absolute atomic E-state index is 5.94. The molecule has 1 unspecified atom stereocenters. The Balaban J connectivity index is 2.02. The topological polar surface area (TPSA) is 77.2 Å². The first-order valence-electron chi connectivity index (χ1n) is 6.75. The number of hydrogen-bond acceptors (Lipinski definition) is 6.